The van der Waals surface area contributed by atoms with Crippen LogP contribution in [0, 0.1) is 0 Å². The van der Waals surface area contributed by atoms with Gasteiger partial charge in [0.2, 0.25) is 0 Å². The molecule has 0 radical (unpaired) electrons. The molecule has 1 aliphatic carbocycles. The highest BCUT2D eigenvalue weighted by atomic mass is 32.2. The average Bonchev–Trinajstić information content (AvgIpc) is 3.29. The van der Waals surface area contributed by atoms with Gasteiger partial charge in [-0.25, -0.2) is 13.4 Å². The number of thiazole rings is 1. The summed E-state index contributed by atoms with van der Waals surface area (Å²) in [5.74, 6) is -0.215. The average molecular weight is 399 g/mol. The summed E-state index contributed by atoms with van der Waals surface area (Å²) in [6.07, 6.45) is 3.32. The molecule has 3 aromatic rings. The Labute approximate surface area is 161 Å². The maximum atomic E-state index is 12.6. The van der Waals surface area contributed by atoms with Crippen LogP contribution in [0.3, 0.4) is 0 Å². The van der Waals surface area contributed by atoms with E-state index in [9.17, 15) is 13.2 Å². The molecule has 1 heterocycles. The van der Waals surface area contributed by atoms with Crippen molar-refractivity contribution >= 4 is 32.4 Å². The number of sulfonamides is 1. The van der Waals surface area contributed by atoms with Crippen molar-refractivity contribution in [3.05, 3.63) is 77.3 Å². The van der Waals surface area contributed by atoms with Gasteiger partial charge in [0.25, 0.3) is 15.9 Å². The summed E-state index contributed by atoms with van der Waals surface area (Å²) < 4.78 is 27.1. The van der Waals surface area contributed by atoms with Gasteiger partial charge >= 0.3 is 0 Å². The van der Waals surface area contributed by atoms with E-state index in [4.69, 9.17) is 0 Å². The first-order valence-electron chi connectivity index (χ1n) is 8.39. The van der Waals surface area contributed by atoms with E-state index in [1.807, 2.05) is 30.3 Å². The Balaban J connectivity index is 1.48. The highest BCUT2D eigenvalue weighted by Gasteiger charge is 2.45. The fourth-order valence-corrected chi connectivity index (χ4v) is 4.68. The molecule has 0 spiro atoms. The van der Waals surface area contributed by atoms with Gasteiger partial charge in [0.05, 0.1) is 10.4 Å². The molecular weight excluding hydrogens is 382 g/mol. The van der Waals surface area contributed by atoms with E-state index < -0.39 is 10.0 Å². The van der Waals surface area contributed by atoms with Crippen molar-refractivity contribution < 1.29 is 13.2 Å². The van der Waals surface area contributed by atoms with Crippen LogP contribution >= 0.6 is 11.3 Å². The Hall–Kier alpha value is -2.71. The molecule has 27 heavy (non-hydrogen) atoms. The summed E-state index contributed by atoms with van der Waals surface area (Å²) in [6, 6.07) is 15.8. The Bertz CT molecular complexity index is 1040. The summed E-state index contributed by atoms with van der Waals surface area (Å²) in [7, 11) is -3.73. The number of carbonyl (C=O) groups is 1. The number of nitrogens with zero attached hydrogens (tertiary/aromatic N) is 1. The second-order valence-electron chi connectivity index (χ2n) is 6.37. The SMILES string of the molecule is O=C(NC1(c2ccccc2)CC1)c1ccc(S(=O)(=O)Nc2nccs2)cc1. The predicted molar refractivity (Wildman–Crippen MR) is 104 cm³/mol. The molecule has 2 aromatic carbocycles. The third kappa shape index (κ3) is 3.72. The minimum atomic E-state index is -3.73. The van der Waals surface area contributed by atoms with Crippen LogP contribution in [0.15, 0.2) is 71.1 Å². The lowest BCUT2D eigenvalue weighted by molar-refractivity contribution is 0.0930. The fraction of sp³-hybridized carbons (Fsp3) is 0.158. The molecule has 1 fully saturated rings. The van der Waals surface area contributed by atoms with Crippen LogP contribution in [0.5, 0.6) is 0 Å². The van der Waals surface area contributed by atoms with E-state index in [0.717, 1.165) is 18.4 Å². The molecule has 1 aliphatic rings. The summed E-state index contributed by atoms with van der Waals surface area (Å²) in [6.45, 7) is 0. The van der Waals surface area contributed by atoms with Crippen molar-refractivity contribution in [3.8, 4) is 0 Å². The third-order valence-electron chi connectivity index (χ3n) is 4.51. The van der Waals surface area contributed by atoms with Gasteiger partial charge < -0.3 is 5.32 Å². The molecule has 1 saturated carbocycles. The first-order chi connectivity index (χ1) is 13.0. The Morgan fingerprint density at radius 2 is 1.74 bits per heavy atom. The molecule has 8 heteroatoms. The molecule has 0 aliphatic heterocycles. The lowest BCUT2D eigenvalue weighted by Gasteiger charge is -2.18. The monoisotopic (exact) mass is 399 g/mol. The molecular formula is C19H17N3O3S2. The topological polar surface area (TPSA) is 88.2 Å². The molecule has 0 unspecified atom stereocenters. The second kappa shape index (κ2) is 6.79. The van der Waals surface area contributed by atoms with Crippen molar-refractivity contribution in [2.75, 3.05) is 4.72 Å². The van der Waals surface area contributed by atoms with Crippen LogP contribution in [0.4, 0.5) is 5.13 Å². The lowest BCUT2D eigenvalue weighted by Crippen LogP contribution is -2.34. The number of anilines is 1. The van der Waals surface area contributed by atoms with Crippen LogP contribution in [0.2, 0.25) is 0 Å². The smallest absolute Gasteiger partial charge is 0.263 e. The van der Waals surface area contributed by atoms with Gasteiger partial charge in [-0.1, -0.05) is 30.3 Å². The van der Waals surface area contributed by atoms with Gasteiger partial charge in [-0.3, -0.25) is 9.52 Å². The van der Waals surface area contributed by atoms with Crippen LogP contribution in [-0.4, -0.2) is 19.3 Å². The lowest BCUT2D eigenvalue weighted by atomic mass is 10.0. The molecule has 1 amide bonds. The molecule has 2 N–H and O–H groups in total. The largest absolute Gasteiger partial charge is 0.343 e. The van der Waals surface area contributed by atoms with E-state index in [1.165, 1.54) is 41.8 Å². The predicted octanol–water partition coefficient (Wildman–Crippen LogP) is 3.36. The number of nitrogens with one attached hydrogen (secondary N) is 2. The van der Waals surface area contributed by atoms with E-state index in [0.29, 0.717) is 10.7 Å². The van der Waals surface area contributed by atoms with E-state index >= 15 is 0 Å². The zero-order chi connectivity index (χ0) is 18.9. The molecule has 0 bridgehead atoms. The van der Waals surface area contributed by atoms with Crippen molar-refractivity contribution in [3.63, 3.8) is 0 Å². The molecule has 0 saturated heterocycles. The number of hydrogen-bond donors (Lipinski definition) is 2. The standard InChI is InChI=1S/C19H17N3O3S2/c23-17(21-19(10-11-19)15-4-2-1-3-5-15)14-6-8-16(9-7-14)27(24,25)22-18-20-12-13-26-18/h1-9,12-13H,10-11H2,(H,20,22)(H,21,23). The summed E-state index contributed by atoms with van der Waals surface area (Å²) >= 11 is 1.20. The van der Waals surface area contributed by atoms with Gasteiger partial charge in [0.15, 0.2) is 5.13 Å². The van der Waals surface area contributed by atoms with Gasteiger partial charge in [-0.05, 0) is 42.7 Å². The summed E-state index contributed by atoms with van der Waals surface area (Å²) in [5, 5.41) is 5.07. The fourth-order valence-electron chi connectivity index (χ4n) is 2.89. The van der Waals surface area contributed by atoms with Crippen LogP contribution in [-0.2, 0) is 15.6 Å². The molecule has 4 rings (SSSR count). The minimum Gasteiger partial charge on any atom is -0.343 e. The van der Waals surface area contributed by atoms with E-state index in [-0.39, 0.29) is 16.3 Å². The van der Waals surface area contributed by atoms with Crippen molar-refractivity contribution in [1.82, 2.24) is 10.3 Å². The number of carbonyl (C=O) groups excluding carboxylic acids is 1. The molecule has 0 atom stereocenters. The van der Waals surface area contributed by atoms with Crippen molar-refractivity contribution in [1.29, 1.82) is 0 Å². The van der Waals surface area contributed by atoms with Gasteiger partial charge in [-0.15, -0.1) is 11.3 Å². The van der Waals surface area contributed by atoms with Gasteiger partial charge in [0, 0.05) is 17.1 Å². The second-order valence-corrected chi connectivity index (χ2v) is 8.95. The highest BCUT2D eigenvalue weighted by molar-refractivity contribution is 7.93. The van der Waals surface area contributed by atoms with E-state index in [1.54, 1.807) is 5.38 Å². The summed E-state index contributed by atoms with van der Waals surface area (Å²) in [5.41, 5.74) is 1.20. The van der Waals surface area contributed by atoms with Crippen molar-refractivity contribution in [2.45, 2.75) is 23.3 Å². The maximum Gasteiger partial charge on any atom is 0.263 e. The zero-order valence-electron chi connectivity index (χ0n) is 14.3. The molecule has 138 valence electrons. The van der Waals surface area contributed by atoms with Crippen LogP contribution in [0.25, 0.3) is 0 Å². The van der Waals surface area contributed by atoms with Crippen molar-refractivity contribution in [2.24, 2.45) is 0 Å². The minimum absolute atomic E-state index is 0.0819. The van der Waals surface area contributed by atoms with Gasteiger partial charge in [-0.2, -0.15) is 0 Å². The quantitative estimate of drug-likeness (QED) is 0.665. The summed E-state index contributed by atoms with van der Waals surface area (Å²) in [4.78, 5) is 16.6. The number of rotatable bonds is 6. The zero-order valence-corrected chi connectivity index (χ0v) is 15.9. The Morgan fingerprint density at radius 3 is 2.33 bits per heavy atom. The highest BCUT2D eigenvalue weighted by Crippen LogP contribution is 2.45. The Morgan fingerprint density at radius 1 is 1.04 bits per heavy atom. The number of amides is 1. The molecule has 1 aromatic heterocycles. The first kappa shape index (κ1) is 17.7. The number of hydrogen-bond acceptors (Lipinski definition) is 5. The normalized spacial score (nSPS) is 15.1. The van der Waals surface area contributed by atoms with Gasteiger partial charge in [0.1, 0.15) is 0 Å². The third-order valence-corrected chi connectivity index (χ3v) is 6.68. The molecule has 6 nitrogen and oxygen atoms in total. The number of aromatic nitrogens is 1. The first-order valence-corrected chi connectivity index (χ1v) is 10.8. The van der Waals surface area contributed by atoms with Crippen LogP contribution in [0.1, 0.15) is 28.8 Å². The van der Waals surface area contributed by atoms with Crippen LogP contribution < -0.4 is 10.0 Å². The number of benzene rings is 2. The Kier molecular flexibility index (Phi) is 4.45. The van der Waals surface area contributed by atoms with E-state index in [2.05, 4.69) is 15.0 Å². The maximum absolute atomic E-state index is 12.6.